The SMILES string of the molecule is C#C[Si](C(C)C)(C(C)C)C(C)C.C1CCOC1.CC(C)[Si](Br)(C(C)C)C(C)C.[Br-].[C-]#C.[Mg+2]. The number of rotatable bonds is 6. The van der Waals surface area contributed by atoms with E-state index in [1.807, 2.05) is 0 Å². The van der Waals surface area contributed by atoms with Gasteiger partial charge in [0.05, 0.1) is 0 Å². The van der Waals surface area contributed by atoms with Crippen LogP contribution in [0.5, 0.6) is 0 Å². The van der Waals surface area contributed by atoms with Crippen molar-refractivity contribution >= 4 is 53.1 Å². The van der Waals surface area contributed by atoms with E-state index in [9.17, 15) is 0 Å². The second-order valence-electron chi connectivity index (χ2n) is 10.2. The smallest absolute Gasteiger partial charge is 1.00 e. The Kier molecular flexibility index (Phi) is 30.7. The first-order valence-corrected chi connectivity index (χ1v) is 18.5. The molecule has 1 aliphatic heterocycles. The molecule has 1 heterocycles. The van der Waals surface area contributed by atoms with Crippen LogP contribution in [0.25, 0.3) is 0 Å². The van der Waals surface area contributed by atoms with Crippen molar-refractivity contribution in [2.45, 2.75) is 129 Å². The molecule has 0 N–H and O–H groups in total. The summed E-state index contributed by atoms with van der Waals surface area (Å²) in [6.45, 7) is 28.6. The van der Waals surface area contributed by atoms with Crippen LogP contribution < -0.4 is 17.0 Å². The molecule has 0 radical (unpaired) electrons. The summed E-state index contributed by atoms with van der Waals surface area (Å²) in [7, 11) is -1.47. The molecular formula is C26H52Br2MgOSi2. The standard InChI is InChI=1S/C11H22Si.C9H21BrSi.C4H8O.C2H.BrH.Mg/c1-8-12(9(2)3,10(4)5)11(6)7;1-7(2)11(10,8(3)4)9(5)6;1-2-4-5-3-1;1-2;;/h1,9-11H,2-7H3;7-9H,1-6H3;1-4H2;1H;1H;/q;;;-1;;+2/p-1. The summed E-state index contributed by atoms with van der Waals surface area (Å²) in [5.41, 5.74) is 7.75. The van der Waals surface area contributed by atoms with Crippen LogP contribution >= 0.6 is 15.3 Å². The van der Waals surface area contributed by atoms with Crippen LogP contribution in [0.1, 0.15) is 95.9 Å². The van der Waals surface area contributed by atoms with E-state index in [-0.39, 0.29) is 40.0 Å². The molecule has 1 rings (SSSR count). The normalized spacial score (nSPS) is 13.2. The Labute approximate surface area is 240 Å². The molecule has 0 amide bonds. The van der Waals surface area contributed by atoms with Crippen molar-refractivity contribution in [3.8, 4) is 18.4 Å². The van der Waals surface area contributed by atoms with Crippen molar-refractivity contribution in [2.75, 3.05) is 13.2 Å². The first-order valence-electron chi connectivity index (χ1n) is 11.8. The van der Waals surface area contributed by atoms with E-state index in [1.165, 1.54) is 12.8 Å². The molecule has 0 saturated carbocycles. The second kappa shape index (κ2) is 22.7. The van der Waals surface area contributed by atoms with Gasteiger partial charge in [-0.1, -0.05) is 83.1 Å². The third-order valence-electron chi connectivity index (χ3n) is 6.60. The molecule has 0 spiro atoms. The fourth-order valence-electron chi connectivity index (χ4n) is 5.01. The van der Waals surface area contributed by atoms with E-state index in [0.717, 1.165) is 29.8 Å². The zero-order valence-corrected chi connectivity index (χ0v) is 29.9. The van der Waals surface area contributed by atoms with E-state index >= 15 is 0 Å². The maximum atomic E-state index is 5.72. The predicted octanol–water partition coefficient (Wildman–Crippen LogP) is 6.02. The fourth-order valence-corrected chi connectivity index (χ4v) is 14.0. The molecule has 1 fully saturated rings. The van der Waals surface area contributed by atoms with Gasteiger partial charge in [-0.3, -0.25) is 0 Å². The molecule has 32 heavy (non-hydrogen) atoms. The average molecular weight is 621 g/mol. The van der Waals surface area contributed by atoms with Crippen LogP contribution in [0.3, 0.4) is 0 Å². The van der Waals surface area contributed by atoms with Gasteiger partial charge in [0, 0.05) is 13.2 Å². The molecule has 1 saturated heterocycles. The maximum absolute atomic E-state index is 5.72. The van der Waals surface area contributed by atoms with Crippen LogP contribution in [0.15, 0.2) is 0 Å². The van der Waals surface area contributed by atoms with Crippen LogP contribution in [-0.4, -0.2) is 51.0 Å². The first-order chi connectivity index (χ1) is 13.7. The predicted molar refractivity (Wildman–Crippen MR) is 154 cm³/mol. The Morgan fingerprint density at radius 1 is 0.688 bits per heavy atom. The summed E-state index contributed by atoms with van der Waals surface area (Å²) in [6.07, 6.45) is 17.3. The van der Waals surface area contributed by atoms with Crippen LogP contribution in [0.4, 0.5) is 0 Å². The van der Waals surface area contributed by atoms with Crippen molar-refractivity contribution < 1.29 is 21.7 Å². The second-order valence-corrected chi connectivity index (χ2v) is 25.0. The molecule has 1 nitrogen and oxygen atoms in total. The average Bonchev–Trinajstić information content (AvgIpc) is 3.22. The number of halogens is 2. The minimum absolute atomic E-state index is 0. The number of hydrogen-bond acceptors (Lipinski definition) is 1. The maximum Gasteiger partial charge on any atom is 2.00 e. The molecule has 0 aromatic heterocycles. The quantitative estimate of drug-likeness (QED) is 0.153. The van der Waals surface area contributed by atoms with Gasteiger partial charge >= 0.3 is 23.1 Å². The van der Waals surface area contributed by atoms with Gasteiger partial charge < -0.3 is 34.6 Å². The van der Waals surface area contributed by atoms with Crippen molar-refractivity contribution in [2.24, 2.45) is 0 Å². The number of hydrogen-bond donors (Lipinski definition) is 0. The van der Waals surface area contributed by atoms with Crippen molar-refractivity contribution in [1.29, 1.82) is 0 Å². The van der Waals surface area contributed by atoms with Crippen molar-refractivity contribution in [3.63, 3.8) is 0 Å². The van der Waals surface area contributed by atoms with E-state index in [2.05, 4.69) is 110 Å². The Hall–Kier alpha value is 1.24. The molecule has 0 atom stereocenters. The molecule has 0 aromatic carbocycles. The van der Waals surface area contributed by atoms with E-state index < -0.39 is 14.8 Å². The van der Waals surface area contributed by atoms with Crippen molar-refractivity contribution in [3.05, 3.63) is 6.42 Å². The summed E-state index contributed by atoms with van der Waals surface area (Å²) in [5.74, 6) is 0. The van der Waals surface area contributed by atoms with Gasteiger partial charge in [-0.15, -0.1) is 27.3 Å². The minimum atomic E-state index is -1.47. The summed E-state index contributed by atoms with van der Waals surface area (Å²) in [4.78, 5) is 0. The third kappa shape index (κ3) is 14.0. The number of ether oxygens (including phenoxy) is 1. The molecule has 1 aliphatic rings. The summed E-state index contributed by atoms with van der Waals surface area (Å²) in [6, 6.07) is 0. The van der Waals surface area contributed by atoms with E-state index in [4.69, 9.17) is 17.6 Å². The topological polar surface area (TPSA) is 9.23 Å². The molecular weight excluding hydrogens is 569 g/mol. The Morgan fingerprint density at radius 2 is 0.938 bits per heavy atom. The Bertz CT molecular complexity index is 429. The molecule has 186 valence electrons. The molecule has 0 bridgehead atoms. The number of terminal acetylenes is 2. The van der Waals surface area contributed by atoms with Crippen LogP contribution in [0, 0.1) is 24.8 Å². The van der Waals surface area contributed by atoms with Crippen LogP contribution in [0.2, 0.25) is 33.2 Å². The fraction of sp³-hybridized carbons (Fsp3) is 0.846. The monoisotopic (exact) mass is 618 g/mol. The van der Waals surface area contributed by atoms with Crippen molar-refractivity contribution in [1.82, 2.24) is 0 Å². The Morgan fingerprint density at radius 3 is 0.969 bits per heavy atom. The Balaban J connectivity index is -0.000000112. The largest absolute Gasteiger partial charge is 2.00 e. The van der Waals surface area contributed by atoms with Gasteiger partial charge in [0.1, 0.15) is 14.8 Å². The molecule has 6 heteroatoms. The molecule has 0 unspecified atom stereocenters. The van der Waals surface area contributed by atoms with Crippen LogP contribution in [-0.2, 0) is 4.74 Å². The first kappa shape index (κ1) is 43.3. The summed E-state index contributed by atoms with van der Waals surface area (Å²) >= 11 is 4.02. The van der Waals surface area contributed by atoms with Gasteiger partial charge in [0.2, 0.25) is 0 Å². The molecule has 0 aliphatic carbocycles. The zero-order chi connectivity index (χ0) is 24.7. The third-order valence-corrected chi connectivity index (χ3v) is 26.4. The zero-order valence-electron chi connectivity index (χ0n) is 23.3. The summed E-state index contributed by atoms with van der Waals surface area (Å²) < 4.78 is 4.94. The van der Waals surface area contributed by atoms with Gasteiger partial charge in [-0.25, -0.2) is 0 Å². The molecule has 0 aromatic rings. The van der Waals surface area contributed by atoms with Gasteiger partial charge in [0.15, 0.2) is 0 Å². The minimum Gasteiger partial charge on any atom is -1.00 e. The van der Waals surface area contributed by atoms with Gasteiger partial charge in [0.25, 0.3) is 0 Å². The van der Waals surface area contributed by atoms with Gasteiger partial charge in [-0.2, -0.15) is 0 Å². The summed E-state index contributed by atoms with van der Waals surface area (Å²) in [5, 5.41) is 0. The van der Waals surface area contributed by atoms with E-state index in [1.54, 1.807) is 0 Å². The van der Waals surface area contributed by atoms with Gasteiger partial charge in [-0.05, 0) is 46.1 Å². The van der Waals surface area contributed by atoms with E-state index in [0.29, 0.717) is 16.6 Å².